The molecule has 0 amide bonds. The molecule has 4 nitrogen and oxygen atoms in total. The molecule has 0 aliphatic carbocycles. The molecule has 0 radical (unpaired) electrons. The summed E-state index contributed by atoms with van der Waals surface area (Å²) < 4.78 is 21.2. The van der Waals surface area contributed by atoms with Gasteiger partial charge < -0.3 is 18.9 Å². The van der Waals surface area contributed by atoms with E-state index in [4.69, 9.17) is 18.9 Å². The fraction of sp³-hybridized carbons (Fsp3) is 1.00. The maximum absolute atomic E-state index is 5.51. The summed E-state index contributed by atoms with van der Waals surface area (Å²) in [5.74, 6) is 0. The largest absolute Gasteiger partial charge is 0.375 e. The van der Waals surface area contributed by atoms with Crippen LogP contribution in [0.1, 0.15) is 13.8 Å². The predicted octanol–water partition coefficient (Wildman–Crippen LogP) is 1.00. The van der Waals surface area contributed by atoms with E-state index in [0.717, 1.165) is 0 Å². The van der Waals surface area contributed by atoms with Gasteiger partial charge in [-0.1, -0.05) is 13.8 Å². The van der Waals surface area contributed by atoms with Crippen molar-refractivity contribution in [1.82, 2.24) is 0 Å². The zero-order valence-corrected chi connectivity index (χ0v) is 8.87. The minimum Gasteiger partial charge on any atom is -0.375 e. The van der Waals surface area contributed by atoms with Gasteiger partial charge in [0.05, 0.1) is 0 Å². The van der Waals surface area contributed by atoms with Crippen LogP contribution in [0.25, 0.3) is 0 Å². The lowest BCUT2D eigenvalue weighted by molar-refractivity contribution is -0.207. The van der Waals surface area contributed by atoms with E-state index in [-0.39, 0.29) is 24.1 Å². The standard InChI is InChI=1S/C9H18O4/c1-9(2)6(10-3)7(11-4)13-8(9)12-5/h6-8H,1-5H3. The molecule has 0 saturated carbocycles. The van der Waals surface area contributed by atoms with E-state index >= 15 is 0 Å². The van der Waals surface area contributed by atoms with Crippen LogP contribution in [0.3, 0.4) is 0 Å². The molecule has 0 aromatic heterocycles. The summed E-state index contributed by atoms with van der Waals surface area (Å²) in [4.78, 5) is 0. The van der Waals surface area contributed by atoms with Crippen LogP contribution in [-0.4, -0.2) is 40.0 Å². The summed E-state index contributed by atoms with van der Waals surface area (Å²) >= 11 is 0. The Hall–Kier alpha value is -0.160. The maximum atomic E-state index is 5.51. The van der Waals surface area contributed by atoms with E-state index < -0.39 is 0 Å². The third-order valence-corrected chi connectivity index (χ3v) is 2.55. The average Bonchev–Trinajstić information content (AvgIpc) is 2.35. The van der Waals surface area contributed by atoms with Gasteiger partial charge in [0, 0.05) is 26.7 Å². The fourth-order valence-electron chi connectivity index (χ4n) is 1.81. The van der Waals surface area contributed by atoms with E-state index in [0.29, 0.717) is 0 Å². The normalized spacial score (nSPS) is 38.1. The molecule has 0 spiro atoms. The molecule has 4 heteroatoms. The zero-order chi connectivity index (χ0) is 10.1. The Morgan fingerprint density at radius 3 is 1.92 bits per heavy atom. The van der Waals surface area contributed by atoms with Crippen molar-refractivity contribution >= 4 is 0 Å². The summed E-state index contributed by atoms with van der Waals surface area (Å²) in [6.07, 6.45) is -0.713. The van der Waals surface area contributed by atoms with Gasteiger partial charge in [0.25, 0.3) is 0 Å². The fourth-order valence-corrected chi connectivity index (χ4v) is 1.81. The van der Waals surface area contributed by atoms with Gasteiger partial charge in [0.1, 0.15) is 6.10 Å². The van der Waals surface area contributed by atoms with Gasteiger partial charge in [0.2, 0.25) is 0 Å². The molecule has 3 unspecified atom stereocenters. The van der Waals surface area contributed by atoms with Crippen molar-refractivity contribution in [2.45, 2.75) is 32.5 Å². The lowest BCUT2D eigenvalue weighted by atomic mass is 9.87. The quantitative estimate of drug-likeness (QED) is 0.665. The molecule has 0 aromatic rings. The molecular weight excluding hydrogens is 172 g/mol. The predicted molar refractivity (Wildman–Crippen MR) is 47.3 cm³/mol. The Labute approximate surface area is 79.1 Å². The molecule has 3 atom stereocenters. The molecular formula is C9H18O4. The Balaban J connectivity index is 2.78. The third kappa shape index (κ3) is 1.72. The first-order valence-electron chi connectivity index (χ1n) is 4.31. The van der Waals surface area contributed by atoms with Crippen LogP contribution in [0, 0.1) is 5.41 Å². The van der Waals surface area contributed by atoms with E-state index in [9.17, 15) is 0 Å². The molecule has 1 heterocycles. The molecule has 0 N–H and O–H groups in total. The maximum Gasteiger partial charge on any atom is 0.187 e. The van der Waals surface area contributed by atoms with E-state index in [1.165, 1.54) is 0 Å². The summed E-state index contributed by atoms with van der Waals surface area (Å²) in [7, 11) is 4.88. The van der Waals surface area contributed by atoms with Crippen LogP contribution in [0.15, 0.2) is 0 Å². The highest BCUT2D eigenvalue weighted by atomic mass is 16.8. The molecule has 1 rings (SSSR count). The van der Waals surface area contributed by atoms with Crippen molar-refractivity contribution in [1.29, 1.82) is 0 Å². The van der Waals surface area contributed by atoms with Crippen LogP contribution in [0.4, 0.5) is 0 Å². The minimum absolute atomic E-state index is 0.0950. The third-order valence-electron chi connectivity index (χ3n) is 2.55. The highest BCUT2D eigenvalue weighted by Gasteiger charge is 2.51. The van der Waals surface area contributed by atoms with Crippen LogP contribution >= 0.6 is 0 Å². The average molecular weight is 190 g/mol. The Kier molecular flexibility index (Phi) is 3.29. The number of hydrogen-bond donors (Lipinski definition) is 0. The summed E-state index contributed by atoms with van der Waals surface area (Å²) in [6, 6.07) is 0. The monoisotopic (exact) mass is 190 g/mol. The SMILES string of the molecule is COC1OC(OC)C(C)(C)C1OC. The van der Waals surface area contributed by atoms with Crippen molar-refractivity contribution in [2.24, 2.45) is 5.41 Å². The molecule has 13 heavy (non-hydrogen) atoms. The Morgan fingerprint density at radius 2 is 1.62 bits per heavy atom. The summed E-state index contributed by atoms with van der Waals surface area (Å²) in [5, 5.41) is 0. The summed E-state index contributed by atoms with van der Waals surface area (Å²) in [6.45, 7) is 4.07. The van der Waals surface area contributed by atoms with Crippen molar-refractivity contribution < 1.29 is 18.9 Å². The van der Waals surface area contributed by atoms with E-state index in [1.54, 1.807) is 21.3 Å². The second kappa shape index (κ2) is 3.92. The Morgan fingerprint density at radius 1 is 1.00 bits per heavy atom. The number of hydrogen-bond acceptors (Lipinski definition) is 4. The van der Waals surface area contributed by atoms with Crippen LogP contribution in [0.2, 0.25) is 0 Å². The van der Waals surface area contributed by atoms with Crippen molar-refractivity contribution in [3.8, 4) is 0 Å². The van der Waals surface area contributed by atoms with Gasteiger partial charge in [-0.25, -0.2) is 0 Å². The highest BCUT2D eigenvalue weighted by molar-refractivity contribution is 4.90. The van der Waals surface area contributed by atoms with Crippen LogP contribution < -0.4 is 0 Å². The molecule has 78 valence electrons. The lowest BCUT2D eigenvalue weighted by Crippen LogP contribution is -2.38. The second-order valence-electron chi connectivity index (χ2n) is 3.79. The molecule has 0 bridgehead atoms. The van der Waals surface area contributed by atoms with E-state index in [2.05, 4.69) is 0 Å². The van der Waals surface area contributed by atoms with Gasteiger partial charge in [-0.15, -0.1) is 0 Å². The van der Waals surface area contributed by atoms with Gasteiger partial charge in [-0.2, -0.15) is 0 Å². The van der Waals surface area contributed by atoms with Gasteiger partial charge in [0.15, 0.2) is 12.6 Å². The van der Waals surface area contributed by atoms with Crippen molar-refractivity contribution in [2.75, 3.05) is 21.3 Å². The molecule has 1 aliphatic heterocycles. The van der Waals surface area contributed by atoms with Gasteiger partial charge in [-0.05, 0) is 0 Å². The first-order valence-corrected chi connectivity index (χ1v) is 4.31. The highest BCUT2D eigenvalue weighted by Crippen LogP contribution is 2.40. The number of rotatable bonds is 3. The lowest BCUT2D eigenvalue weighted by Gasteiger charge is -2.28. The minimum atomic E-state index is -0.343. The number of methoxy groups -OCH3 is 3. The van der Waals surface area contributed by atoms with Crippen LogP contribution in [0.5, 0.6) is 0 Å². The Bertz CT molecular complexity index is 169. The topological polar surface area (TPSA) is 36.9 Å². The second-order valence-corrected chi connectivity index (χ2v) is 3.79. The molecule has 1 aliphatic rings. The van der Waals surface area contributed by atoms with Crippen molar-refractivity contribution in [3.05, 3.63) is 0 Å². The molecule has 1 fully saturated rings. The molecule has 0 aromatic carbocycles. The van der Waals surface area contributed by atoms with E-state index in [1.807, 2.05) is 13.8 Å². The van der Waals surface area contributed by atoms with Crippen LogP contribution in [-0.2, 0) is 18.9 Å². The zero-order valence-electron chi connectivity index (χ0n) is 8.87. The number of ether oxygens (including phenoxy) is 4. The van der Waals surface area contributed by atoms with Gasteiger partial charge in [-0.3, -0.25) is 0 Å². The first-order chi connectivity index (χ1) is 6.07. The van der Waals surface area contributed by atoms with Crippen molar-refractivity contribution in [3.63, 3.8) is 0 Å². The smallest absolute Gasteiger partial charge is 0.187 e. The molecule has 1 saturated heterocycles. The first kappa shape index (κ1) is 10.9. The summed E-state index contributed by atoms with van der Waals surface area (Å²) in [5.41, 5.74) is -0.190. The van der Waals surface area contributed by atoms with Gasteiger partial charge >= 0.3 is 0 Å².